The van der Waals surface area contributed by atoms with Gasteiger partial charge in [-0.2, -0.15) is 0 Å². The molecule has 3 N–H and O–H groups in total. The largest absolute Gasteiger partial charge is 0.411 e. The molecule has 6 nitrogen and oxygen atoms in total. The van der Waals surface area contributed by atoms with Gasteiger partial charge in [-0.05, 0) is 13.0 Å². The number of rotatable bonds is 4. The number of primary amides is 1. The minimum Gasteiger partial charge on any atom is -0.411 e. The third-order valence-corrected chi connectivity index (χ3v) is 3.86. The quantitative estimate of drug-likeness (QED) is 0.717. The van der Waals surface area contributed by atoms with Crippen LogP contribution in [0.2, 0.25) is 0 Å². The fourth-order valence-corrected chi connectivity index (χ4v) is 2.46. The Labute approximate surface area is 118 Å². The minimum absolute atomic E-state index is 0.330. The van der Waals surface area contributed by atoms with Gasteiger partial charge in [0.1, 0.15) is 0 Å². The van der Waals surface area contributed by atoms with E-state index >= 15 is 0 Å². The summed E-state index contributed by atoms with van der Waals surface area (Å²) in [5, 5.41) is 8.87. The maximum Gasteiger partial charge on any atom is 0.277 e. The smallest absolute Gasteiger partial charge is 0.277 e. The van der Waals surface area contributed by atoms with Crippen LogP contribution in [0, 0.1) is 0 Å². The predicted molar refractivity (Wildman–Crippen MR) is 76.1 cm³/mol. The molecule has 2 aromatic heterocycles. The number of carbonyl (C=O) groups excluding carboxylic acids is 1. The molecule has 0 unspecified atom stereocenters. The van der Waals surface area contributed by atoms with Crippen molar-refractivity contribution in [1.29, 1.82) is 0 Å². The lowest BCUT2D eigenvalue weighted by Gasteiger charge is -2.00. The van der Waals surface area contributed by atoms with Gasteiger partial charge in [-0.25, -0.2) is 0 Å². The summed E-state index contributed by atoms with van der Waals surface area (Å²) in [6.45, 7) is 1.70. The molecule has 0 aliphatic heterocycles. The van der Waals surface area contributed by atoms with Crippen LogP contribution in [-0.4, -0.2) is 26.3 Å². The highest BCUT2D eigenvalue weighted by atomic mass is 32.2. The van der Waals surface area contributed by atoms with Gasteiger partial charge in [0.15, 0.2) is 0 Å². The summed E-state index contributed by atoms with van der Waals surface area (Å²) in [6, 6.07) is 7.84. The molecule has 2 heterocycles. The molecule has 0 aliphatic rings. The van der Waals surface area contributed by atoms with Gasteiger partial charge in [0.05, 0.1) is 10.8 Å². The molecule has 0 bridgehead atoms. The van der Waals surface area contributed by atoms with Gasteiger partial charge in [-0.1, -0.05) is 30.0 Å². The number of hydrogen-bond donors (Lipinski definition) is 2. The molecular weight excluding hydrogens is 276 g/mol. The van der Waals surface area contributed by atoms with Crippen molar-refractivity contribution in [2.45, 2.75) is 17.4 Å². The molecule has 0 spiro atoms. The van der Waals surface area contributed by atoms with Crippen molar-refractivity contribution in [2.75, 3.05) is 0 Å². The number of thioether (sulfide) groups is 1. The lowest BCUT2D eigenvalue weighted by molar-refractivity contribution is -0.117. The molecule has 102 valence electrons. The highest BCUT2D eigenvalue weighted by Crippen LogP contribution is 2.30. The lowest BCUT2D eigenvalue weighted by atomic mass is 10.2. The number of hydrogen-bond acceptors (Lipinski definition) is 5. The molecule has 1 amide bonds. The van der Waals surface area contributed by atoms with E-state index in [0.717, 1.165) is 28.2 Å². The Morgan fingerprint density at radius 1 is 1.40 bits per heavy atom. The van der Waals surface area contributed by atoms with Crippen LogP contribution in [-0.2, 0) is 4.79 Å². The molecule has 0 aliphatic carbocycles. The van der Waals surface area contributed by atoms with Crippen molar-refractivity contribution in [3.05, 3.63) is 30.5 Å². The second-order valence-electron chi connectivity index (χ2n) is 4.28. The van der Waals surface area contributed by atoms with Gasteiger partial charge in [0.2, 0.25) is 5.91 Å². The van der Waals surface area contributed by atoms with Crippen LogP contribution in [0.1, 0.15) is 6.92 Å². The molecule has 0 saturated heterocycles. The molecule has 3 aromatic rings. The number of carbonyl (C=O) groups is 1. The SMILES string of the molecule is C[C@@H](Sc1nnc(-c2c[nH]c3ccccc23)o1)C(N)=O. The third kappa shape index (κ3) is 2.27. The number of amides is 1. The molecule has 20 heavy (non-hydrogen) atoms. The molecule has 0 radical (unpaired) electrons. The Morgan fingerprint density at radius 3 is 3.00 bits per heavy atom. The maximum atomic E-state index is 11.0. The summed E-state index contributed by atoms with van der Waals surface area (Å²) in [4.78, 5) is 14.2. The second-order valence-corrected chi connectivity index (χ2v) is 5.58. The van der Waals surface area contributed by atoms with E-state index in [1.807, 2.05) is 30.5 Å². The zero-order chi connectivity index (χ0) is 14.1. The van der Waals surface area contributed by atoms with Crippen LogP contribution >= 0.6 is 11.8 Å². The number of para-hydroxylation sites is 1. The summed E-state index contributed by atoms with van der Waals surface area (Å²) >= 11 is 1.15. The van der Waals surface area contributed by atoms with E-state index < -0.39 is 11.2 Å². The second kappa shape index (κ2) is 5.01. The first kappa shape index (κ1) is 12.7. The molecule has 7 heteroatoms. The zero-order valence-electron chi connectivity index (χ0n) is 10.7. The highest BCUT2D eigenvalue weighted by molar-refractivity contribution is 8.00. The van der Waals surface area contributed by atoms with Crippen LogP contribution in [0.3, 0.4) is 0 Å². The Hall–Kier alpha value is -2.28. The van der Waals surface area contributed by atoms with Crippen LogP contribution in [0.25, 0.3) is 22.4 Å². The van der Waals surface area contributed by atoms with Gasteiger partial charge in [-0.3, -0.25) is 4.79 Å². The summed E-state index contributed by atoms with van der Waals surface area (Å²) in [5.41, 5.74) is 7.04. The number of aromatic nitrogens is 3. The third-order valence-electron chi connectivity index (χ3n) is 2.90. The van der Waals surface area contributed by atoms with Gasteiger partial charge >= 0.3 is 0 Å². The zero-order valence-corrected chi connectivity index (χ0v) is 11.5. The van der Waals surface area contributed by atoms with E-state index in [2.05, 4.69) is 15.2 Å². The lowest BCUT2D eigenvalue weighted by Crippen LogP contribution is -2.22. The first-order valence-electron chi connectivity index (χ1n) is 6.01. The summed E-state index contributed by atoms with van der Waals surface area (Å²) in [5.74, 6) is 0.00321. The monoisotopic (exact) mass is 288 g/mol. The van der Waals surface area contributed by atoms with Crippen LogP contribution in [0.4, 0.5) is 0 Å². The van der Waals surface area contributed by atoms with Crippen LogP contribution in [0.5, 0.6) is 0 Å². The van der Waals surface area contributed by atoms with Gasteiger partial charge < -0.3 is 15.1 Å². The van der Waals surface area contributed by atoms with Crippen molar-refractivity contribution in [3.8, 4) is 11.5 Å². The maximum absolute atomic E-state index is 11.0. The van der Waals surface area contributed by atoms with Gasteiger partial charge in [-0.15, -0.1) is 10.2 Å². The number of aromatic amines is 1. The van der Waals surface area contributed by atoms with E-state index in [1.54, 1.807) is 6.92 Å². The Bertz CT molecular complexity index is 764. The molecule has 0 fully saturated rings. The van der Waals surface area contributed by atoms with Crippen molar-refractivity contribution in [1.82, 2.24) is 15.2 Å². The van der Waals surface area contributed by atoms with E-state index in [-0.39, 0.29) is 0 Å². The van der Waals surface area contributed by atoms with Gasteiger partial charge in [0.25, 0.3) is 11.1 Å². The molecule has 1 atom stereocenters. The Morgan fingerprint density at radius 2 is 2.20 bits per heavy atom. The first-order chi connectivity index (χ1) is 9.65. The van der Waals surface area contributed by atoms with E-state index in [9.17, 15) is 4.79 Å². The Balaban J connectivity index is 1.92. The Kier molecular flexibility index (Phi) is 3.19. The van der Waals surface area contributed by atoms with Crippen LogP contribution < -0.4 is 5.73 Å². The molecule has 1 aromatic carbocycles. The predicted octanol–water partition coefficient (Wildman–Crippen LogP) is 2.18. The minimum atomic E-state index is -0.415. The number of nitrogens with zero attached hydrogens (tertiary/aromatic N) is 2. The number of nitrogens with two attached hydrogens (primary N) is 1. The average Bonchev–Trinajstić information content (AvgIpc) is 3.04. The number of fused-ring (bicyclic) bond motifs is 1. The molecule has 0 saturated carbocycles. The molecular formula is C13H12N4O2S. The van der Waals surface area contributed by atoms with Crippen molar-refractivity contribution >= 4 is 28.6 Å². The van der Waals surface area contributed by atoms with Crippen molar-refractivity contribution in [3.63, 3.8) is 0 Å². The van der Waals surface area contributed by atoms with E-state index in [4.69, 9.17) is 10.2 Å². The number of H-pyrrole nitrogens is 1. The number of benzene rings is 1. The normalized spacial score (nSPS) is 12.7. The summed E-state index contributed by atoms with van der Waals surface area (Å²) < 4.78 is 5.57. The number of nitrogens with one attached hydrogen (secondary N) is 1. The first-order valence-corrected chi connectivity index (χ1v) is 6.89. The fraction of sp³-hybridized carbons (Fsp3) is 0.154. The standard InChI is InChI=1S/C13H12N4O2S/c1-7(11(14)18)20-13-17-16-12(19-13)9-6-15-10-5-3-2-4-8(9)10/h2-7,15H,1H3,(H2,14,18)/t7-/m1/s1. The van der Waals surface area contributed by atoms with Crippen LogP contribution in [0.15, 0.2) is 40.1 Å². The highest BCUT2D eigenvalue weighted by Gasteiger charge is 2.17. The van der Waals surface area contributed by atoms with E-state index in [1.165, 1.54) is 0 Å². The summed E-state index contributed by atoms with van der Waals surface area (Å²) in [6.07, 6.45) is 1.82. The van der Waals surface area contributed by atoms with Crippen molar-refractivity contribution in [2.24, 2.45) is 5.73 Å². The van der Waals surface area contributed by atoms with Gasteiger partial charge in [0, 0.05) is 17.1 Å². The average molecular weight is 288 g/mol. The fourth-order valence-electron chi connectivity index (χ4n) is 1.82. The van der Waals surface area contributed by atoms with E-state index in [0.29, 0.717) is 11.1 Å². The molecule has 3 rings (SSSR count). The topological polar surface area (TPSA) is 97.8 Å². The summed E-state index contributed by atoms with van der Waals surface area (Å²) in [7, 11) is 0. The van der Waals surface area contributed by atoms with Crippen molar-refractivity contribution < 1.29 is 9.21 Å².